The molecular weight excluding hydrogens is 354 g/mol. The molecule has 5 atom stereocenters. The number of benzene rings is 1. The SMILES string of the molecule is Cc1ccc(S(=O)(=O)N2[C@@H]([C@@H](C)O)[C@H]2[C@@H](C)COC(=O)C(C)(C)C)cc1. The van der Waals surface area contributed by atoms with Crippen molar-refractivity contribution in [1.82, 2.24) is 4.31 Å². The summed E-state index contributed by atoms with van der Waals surface area (Å²) in [6.45, 7) is 10.7. The van der Waals surface area contributed by atoms with E-state index in [9.17, 15) is 18.3 Å². The molecule has 1 unspecified atom stereocenters. The second-order valence-electron chi connectivity index (χ2n) is 8.20. The van der Waals surface area contributed by atoms with E-state index < -0.39 is 33.6 Å². The first-order chi connectivity index (χ1) is 11.9. The third-order valence-electron chi connectivity index (χ3n) is 4.61. The van der Waals surface area contributed by atoms with Crippen molar-refractivity contribution in [2.75, 3.05) is 6.61 Å². The fourth-order valence-corrected chi connectivity index (χ4v) is 4.95. The van der Waals surface area contributed by atoms with E-state index in [4.69, 9.17) is 4.74 Å². The first kappa shape index (κ1) is 20.9. The Morgan fingerprint density at radius 2 is 1.73 bits per heavy atom. The number of aryl methyl sites for hydroxylation is 1. The molecule has 1 N–H and O–H groups in total. The normalized spacial score (nSPS) is 25.4. The zero-order valence-corrected chi connectivity index (χ0v) is 17.1. The molecule has 7 heteroatoms. The number of nitrogens with zero attached hydrogens (tertiary/aromatic N) is 1. The molecule has 0 bridgehead atoms. The molecule has 2 rings (SSSR count). The van der Waals surface area contributed by atoms with E-state index in [1.165, 1.54) is 4.31 Å². The van der Waals surface area contributed by atoms with Crippen LogP contribution in [0.1, 0.15) is 40.2 Å². The van der Waals surface area contributed by atoms with Crippen LogP contribution in [0.25, 0.3) is 0 Å². The number of carbonyl (C=O) groups is 1. The molecule has 1 aromatic rings. The third kappa shape index (κ3) is 4.27. The Morgan fingerprint density at radius 3 is 2.19 bits per heavy atom. The number of aliphatic hydroxyl groups excluding tert-OH is 1. The molecule has 26 heavy (non-hydrogen) atoms. The van der Waals surface area contributed by atoms with Crippen molar-refractivity contribution in [3.63, 3.8) is 0 Å². The van der Waals surface area contributed by atoms with Gasteiger partial charge in [-0.1, -0.05) is 24.6 Å². The monoisotopic (exact) mass is 383 g/mol. The average molecular weight is 384 g/mol. The Bertz CT molecular complexity index is 749. The van der Waals surface area contributed by atoms with Crippen molar-refractivity contribution in [3.05, 3.63) is 29.8 Å². The van der Waals surface area contributed by atoms with Crippen molar-refractivity contribution in [1.29, 1.82) is 0 Å². The number of sulfonamides is 1. The van der Waals surface area contributed by atoms with Gasteiger partial charge >= 0.3 is 5.97 Å². The number of carbonyl (C=O) groups excluding carboxylic acids is 1. The van der Waals surface area contributed by atoms with E-state index in [2.05, 4.69) is 0 Å². The largest absolute Gasteiger partial charge is 0.465 e. The van der Waals surface area contributed by atoms with Crippen LogP contribution in [0.3, 0.4) is 0 Å². The lowest BCUT2D eigenvalue weighted by molar-refractivity contribution is -0.154. The van der Waals surface area contributed by atoms with Gasteiger partial charge in [-0.3, -0.25) is 4.79 Å². The third-order valence-corrected chi connectivity index (χ3v) is 6.52. The molecule has 1 saturated heterocycles. The summed E-state index contributed by atoms with van der Waals surface area (Å²) in [5, 5.41) is 10.0. The fourth-order valence-electron chi connectivity index (χ4n) is 3.01. The smallest absolute Gasteiger partial charge is 0.311 e. The Kier molecular flexibility index (Phi) is 5.85. The van der Waals surface area contributed by atoms with E-state index in [0.717, 1.165) is 5.56 Å². The number of hydrogen-bond acceptors (Lipinski definition) is 5. The second kappa shape index (κ2) is 7.29. The Balaban J connectivity index is 2.15. The van der Waals surface area contributed by atoms with Crippen LogP contribution in [0.4, 0.5) is 0 Å². The minimum atomic E-state index is -3.71. The molecule has 6 nitrogen and oxygen atoms in total. The Labute approximate surface area is 156 Å². The van der Waals surface area contributed by atoms with Gasteiger partial charge < -0.3 is 9.84 Å². The van der Waals surface area contributed by atoms with E-state index >= 15 is 0 Å². The molecule has 0 aliphatic carbocycles. The number of hydrogen-bond donors (Lipinski definition) is 1. The van der Waals surface area contributed by atoms with Crippen molar-refractivity contribution in [3.8, 4) is 0 Å². The van der Waals surface area contributed by atoms with Crippen LogP contribution in [-0.2, 0) is 19.6 Å². The van der Waals surface area contributed by atoms with Gasteiger partial charge in [-0.2, -0.15) is 4.31 Å². The van der Waals surface area contributed by atoms with E-state index in [1.54, 1.807) is 52.0 Å². The van der Waals surface area contributed by atoms with Crippen LogP contribution >= 0.6 is 0 Å². The summed E-state index contributed by atoms with van der Waals surface area (Å²) in [5.74, 6) is -0.548. The number of aliphatic hydroxyl groups is 1. The number of esters is 1. The molecule has 0 spiro atoms. The molecule has 0 aromatic heterocycles. The maximum Gasteiger partial charge on any atom is 0.311 e. The molecule has 0 radical (unpaired) electrons. The zero-order valence-electron chi connectivity index (χ0n) is 16.3. The van der Waals surface area contributed by atoms with Gasteiger partial charge in [0.1, 0.15) is 0 Å². The predicted octanol–water partition coefficient (Wildman–Crippen LogP) is 2.34. The van der Waals surface area contributed by atoms with Crippen molar-refractivity contribution >= 4 is 16.0 Å². The fraction of sp³-hybridized carbons (Fsp3) is 0.632. The summed E-state index contributed by atoms with van der Waals surface area (Å²) in [4.78, 5) is 12.2. The molecule has 1 heterocycles. The van der Waals surface area contributed by atoms with E-state index in [0.29, 0.717) is 0 Å². The summed E-state index contributed by atoms with van der Waals surface area (Å²) < 4.78 is 32.5. The minimum Gasteiger partial charge on any atom is -0.465 e. The van der Waals surface area contributed by atoms with Gasteiger partial charge in [-0.15, -0.1) is 0 Å². The molecular formula is C19H29NO5S. The topological polar surface area (TPSA) is 83.7 Å². The van der Waals surface area contributed by atoms with Gasteiger partial charge in [0, 0.05) is 5.92 Å². The highest BCUT2D eigenvalue weighted by Gasteiger charge is 2.59. The van der Waals surface area contributed by atoms with Crippen molar-refractivity contribution in [2.45, 2.75) is 64.6 Å². The summed E-state index contributed by atoms with van der Waals surface area (Å²) in [7, 11) is -3.71. The van der Waals surface area contributed by atoms with Crippen molar-refractivity contribution in [2.24, 2.45) is 11.3 Å². The standard InChI is InChI=1S/C19H29NO5S/c1-12-7-9-15(10-8-12)26(23,24)20-16(17(20)14(3)21)13(2)11-25-18(22)19(4,5)6/h7-10,13-14,16-17,21H,11H2,1-6H3/t13-,14+,16+,17-,20?/m0/s1. The Morgan fingerprint density at radius 1 is 1.19 bits per heavy atom. The van der Waals surface area contributed by atoms with Gasteiger partial charge in [0.15, 0.2) is 0 Å². The van der Waals surface area contributed by atoms with Gasteiger partial charge in [-0.05, 0) is 46.8 Å². The molecule has 0 saturated carbocycles. The second-order valence-corrected chi connectivity index (χ2v) is 10.0. The van der Waals surface area contributed by atoms with Crippen LogP contribution in [0.15, 0.2) is 29.2 Å². The number of rotatable bonds is 6. The summed E-state index contributed by atoms with van der Waals surface area (Å²) in [6.07, 6.45) is -0.805. The number of ether oxygens (including phenoxy) is 1. The summed E-state index contributed by atoms with van der Waals surface area (Å²) in [6, 6.07) is 5.74. The highest BCUT2D eigenvalue weighted by atomic mass is 32.2. The highest BCUT2D eigenvalue weighted by molar-refractivity contribution is 7.89. The molecule has 146 valence electrons. The summed E-state index contributed by atoms with van der Waals surface area (Å²) in [5.41, 5.74) is 0.362. The predicted molar refractivity (Wildman–Crippen MR) is 99.0 cm³/mol. The maximum absolute atomic E-state index is 12.9. The zero-order chi connectivity index (χ0) is 19.9. The van der Waals surface area contributed by atoms with Crippen LogP contribution in [0.2, 0.25) is 0 Å². The highest BCUT2D eigenvalue weighted by Crippen LogP contribution is 2.42. The van der Waals surface area contributed by atoms with Crippen molar-refractivity contribution < 1.29 is 23.1 Å². The molecule has 0 amide bonds. The average Bonchev–Trinajstić information content (AvgIpc) is 3.28. The van der Waals surface area contributed by atoms with E-state index in [-0.39, 0.29) is 23.4 Å². The first-order valence-electron chi connectivity index (χ1n) is 8.83. The first-order valence-corrected chi connectivity index (χ1v) is 10.3. The van der Waals surface area contributed by atoms with Gasteiger partial charge in [0.2, 0.25) is 10.0 Å². The molecule has 1 aliphatic rings. The molecule has 1 aliphatic heterocycles. The lowest BCUT2D eigenvalue weighted by atomic mass is 9.97. The van der Waals surface area contributed by atoms with Gasteiger partial charge in [0.05, 0.1) is 35.1 Å². The van der Waals surface area contributed by atoms with Gasteiger partial charge in [-0.25, -0.2) is 8.42 Å². The Hall–Kier alpha value is -1.44. The quantitative estimate of drug-likeness (QED) is 0.602. The van der Waals surface area contributed by atoms with Gasteiger partial charge in [0.25, 0.3) is 0 Å². The maximum atomic E-state index is 12.9. The molecule has 1 fully saturated rings. The van der Waals surface area contributed by atoms with E-state index in [1.807, 2.05) is 13.8 Å². The lowest BCUT2D eigenvalue weighted by Gasteiger charge is -2.19. The van der Waals surface area contributed by atoms with Crippen LogP contribution in [0.5, 0.6) is 0 Å². The lowest BCUT2D eigenvalue weighted by Crippen LogP contribution is -2.27. The van der Waals surface area contributed by atoms with Crippen LogP contribution < -0.4 is 0 Å². The minimum absolute atomic E-state index is 0.115. The van der Waals surface area contributed by atoms with Crippen LogP contribution in [-0.4, -0.2) is 48.6 Å². The van der Waals surface area contributed by atoms with Crippen LogP contribution in [0, 0.1) is 18.3 Å². The summed E-state index contributed by atoms with van der Waals surface area (Å²) >= 11 is 0. The molecule has 1 aromatic carbocycles.